The molecule has 0 N–H and O–H groups in total. The molecule has 8 aliphatic carbocycles. The van der Waals surface area contributed by atoms with Gasteiger partial charge in [0.15, 0.2) is 0 Å². The molecule has 48 heavy (non-hydrogen) atoms. The first kappa shape index (κ1) is 32.9. The van der Waals surface area contributed by atoms with Crippen molar-refractivity contribution < 1.29 is 24.7 Å². The quantitative estimate of drug-likeness (QED) is 0.148. The molecular weight excluding hydrogens is 782 g/mol. The number of rotatable bonds is 5. The molecule has 0 amide bonds. The van der Waals surface area contributed by atoms with E-state index in [1.165, 1.54) is 99.0 Å². The Morgan fingerprint density at radius 1 is 0.646 bits per heavy atom. The molecule has 0 unspecified atom stereocenters. The third-order valence-electron chi connectivity index (χ3n) is 13.6. The molecule has 2 nitrogen and oxygen atoms in total. The summed E-state index contributed by atoms with van der Waals surface area (Å²) in [5.41, 5.74) is 5.62. The minimum Gasteiger partial charge on any atom is -0.320 e. The smallest absolute Gasteiger partial charge is 0.104 e. The van der Waals surface area contributed by atoms with Crippen molar-refractivity contribution in [1.82, 2.24) is 4.98 Å². The van der Waals surface area contributed by atoms with E-state index in [9.17, 15) is 0 Å². The zero-order valence-electron chi connectivity index (χ0n) is 28.2. The van der Waals surface area contributed by atoms with Crippen molar-refractivity contribution in [3.8, 4) is 22.4 Å². The maximum Gasteiger partial charge on any atom is 0.104 e. The van der Waals surface area contributed by atoms with Crippen LogP contribution >= 0.6 is 7.14 Å². The average Bonchev–Trinajstić information content (AvgIpc) is 3.08. The number of aryl methyl sites for hydroxylation is 1. The molecule has 0 aliphatic heterocycles. The number of benzene rings is 3. The fourth-order valence-electron chi connectivity index (χ4n) is 12.7. The molecule has 8 aliphatic rings. The van der Waals surface area contributed by atoms with Crippen LogP contribution in [0, 0.1) is 54.6 Å². The maximum absolute atomic E-state index is 15.9. The van der Waals surface area contributed by atoms with Crippen molar-refractivity contribution in [3.63, 3.8) is 0 Å². The van der Waals surface area contributed by atoms with Crippen LogP contribution in [0.15, 0.2) is 91.1 Å². The van der Waals surface area contributed by atoms with Crippen molar-refractivity contribution in [2.24, 2.45) is 35.5 Å². The Kier molecular flexibility index (Phi) is 8.75. The van der Waals surface area contributed by atoms with Gasteiger partial charge in [0, 0.05) is 42.2 Å². The van der Waals surface area contributed by atoms with Gasteiger partial charge in [0.1, 0.15) is 7.14 Å². The van der Waals surface area contributed by atoms with Gasteiger partial charge in [0.25, 0.3) is 0 Å². The van der Waals surface area contributed by atoms with Gasteiger partial charge in [-0.15, -0.1) is 41.2 Å². The minimum atomic E-state index is -2.53. The third kappa shape index (κ3) is 5.47. The molecule has 1 aromatic heterocycles. The summed E-state index contributed by atoms with van der Waals surface area (Å²) in [6, 6.07) is 35.7. The van der Waals surface area contributed by atoms with E-state index < -0.39 is 7.14 Å². The van der Waals surface area contributed by atoms with E-state index in [-0.39, 0.29) is 30.4 Å². The van der Waals surface area contributed by atoms with Crippen LogP contribution in [0.4, 0.5) is 0 Å². The summed E-state index contributed by atoms with van der Waals surface area (Å²) in [4.78, 5) is 4.55. The normalized spacial score (nSPS) is 34.9. The maximum atomic E-state index is 15.9. The molecule has 0 atom stereocenters. The van der Waals surface area contributed by atoms with Gasteiger partial charge in [-0.05, 0) is 136 Å². The zero-order valence-corrected chi connectivity index (χ0v) is 31.5. The molecule has 1 heterocycles. The van der Waals surface area contributed by atoms with Gasteiger partial charge in [0.05, 0.1) is 0 Å². The van der Waals surface area contributed by atoms with Crippen LogP contribution < -0.4 is 5.30 Å². The van der Waals surface area contributed by atoms with Crippen LogP contribution in [-0.4, -0.2) is 15.3 Å². The van der Waals surface area contributed by atoms with E-state index in [0.29, 0.717) is 0 Å². The largest absolute Gasteiger partial charge is 0.320 e. The van der Waals surface area contributed by atoms with Crippen LogP contribution in [-0.2, 0) is 24.7 Å². The summed E-state index contributed by atoms with van der Waals surface area (Å²) in [6.07, 6.45) is 18.3. The molecule has 0 spiro atoms. The van der Waals surface area contributed by atoms with Crippen molar-refractivity contribution in [1.29, 1.82) is 0 Å². The van der Waals surface area contributed by atoms with Crippen LogP contribution in [0.2, 0.25) is 0 Å². The van der Waals surface area contributed by atoms with Crippen LogP contribution in [0.25, 0.3) is 22.4 Å². The Bertz CT molecular complexity index is 1670. The molecule has 8 fully saturated rings. The van der Waals surface area contributed by atoms with Gasteiger partial charge in [-0.1, -0.05) is 36.4 Å². The second-order valence-corrected chi connectivity index (χ2v) is 20.3. The SMILES string of the molecule is Cc1cc(-c2[c-]cccc2)ncc1-c1ccccc1.O=P(c1[c-]cccc1)(C12CC3CC(CC(C3)C1)C2)C12CC3CC(CC(C3)C1)C2.[Ir]. The van der Waals surface area contributed by atoms with E-state index in [4.69, 9.17) is 0 Å². The molecule has 4 aromatic rings. The van der Waals surface area contributed by atoms with Crippen molar-refractivity contribution in [2.75, 3.05) is 0 Å². The van der Waals surface area contributed by atoms with E-state index in [0.717, 1.165) is 46.8 Å². The van der Waals surface area contributed by atoms with Gasteiger partial charge in [-0.25, -0.2) is 0 Å². The molecule has 1 radical (unpaired) electrons. The molecule has 4 heteroatoms. The zero-order chi connectivity index (χ0) is 31.6. The Morgan fingerprint density at radius 2 is 1.12 bits per heavy atom. The summed E-state index contributed by atoms with van der Waals surface area (Å²) < 4.78 is 15.9. The van der Waals surface area contributed by atoms with Crippen LogP contribution in [0.5, 0.6) is 0 Å². The van der Waals surface area contributed by atoms with Gasteiger partial charge < -0.3 is 9.55 Å². The Morgan fingerprint density at radius 3 is 1.56 bits per heavy atom. The second-order valence-electron chi connectivity index (χ2n) is 16.7. The number of aromatic nitrogens is 1. The van der Waals surface area contributed by atoms with Crippen molar-refractivity contribution in [3.05, 3.63) is 109 Å². The van der Waals surface area contributed by atoms with Gasteiger partial charge in [-0.3, -0.25) is 0 Å². The average molecular weight is 830 g/mol. The minimum absolute atomic E-state index is 0. The number of hydrogen-bond donors (Lipinski definition) is 0. The molecule has 8 bridgehead atoms. The first-order valence-electron chi connectivity index (χ1n) is 18.5. The van der Waals surface area contributed by atoms with E-state index >= 15 is 4.57 Å². The second kappa shape index (κ2) is 12.8. The summed E-state index contributed by atoms with van der Waals surface area (Å²) >= 11 is 0. The Hall–Kier alpha value is -2.31. The molecule has 12 rings (SSSR count). The van der Waals surface area contributed by atoms with Gasteiger partial charge in [-0.2, -0.15) is 30.3 Å². The predicted molar refractivity (Wildman–Crippen MR) is 193 cm³/mol. The topological polar surface area (TPSA) is 30.0 Å². The standard InChI is InChI=1S/C26H34OP.C18H14N.Ir/c27-28(24-4-2-1-3-5-24,25-12-18-6-19(13-25)8-20(7-18)14-25)26-15-21-9-22(16-26)11-23(10-21)17-26;1-14-12-18(16-10-6-3-7-11-16)19-13-17(14)15-8-4-2-5-9-15;/h1-4,18-23H,6-17H2;2-10,12-13H,1H3;/q2*-1;. The first-order valence-corrected chi connectivity index (χ1v) is 20.2. The summed E-state index contributed by atoms with van der Waals surface area (Å²) in [5.74, 6) is 5.23. The van der Waals surface area contributed by atoms with Gasteiger partial charge in [0.2, 0.25) is 0 Å². The predicted octanol–water partition coefficient (Wildman–Crippen LogP) is 10.9. The molecule has 8 saturated carbocycles. The fraction of sp³-hybridized carbons (Fsp3) is 0.477. The van der Waals surface area contributed by atoms with E-state index in [1.54, 1.807) is 0 Å². The summed E-state index contributed by atoms with van der Waals surface area (Å²) in [5, 5.41) is 1.43. The molecule has 251 valence electrons. The Balaban J connectivity index is 0.000000148. The number of hydrogen-bond acceptors (Lipinski definition) is 2. The van der Waals surface area contributed by atoms with E-state index in [1.807, 2.05) is 48.7 Å². The van der Waals surface area contributed by atoms with Crippen molar-refractivity contribution in [2.45, 2.75) is 94.3 Å². The molecular formula is C44H48IrNOP-2. The number of pyridine rings is 1. The monoisotopic (exact) mass is 830 g/mol. The van der Waals surface area contributed by atoms with E-state index in [2.05, 4.69) is 66.5 Å². The molecule has 0 saturated heterocycles. The van der Waals surface area contributed by atoms with Crippen molar-refractivity contribution >= 4 is 12.4 Å². The number of nitrogens with zero attached hydrogens (tertiary/aromatic N) is 1. The third-order valence-corrected chi connectivity index (χ3v) is 18.3. The van der Waals surface area contributed by atoms with Gasteiger partial charge >= 0.3 is 0 Å². The first-order chi connectivity index (χ1) is 22.9. The molecule has 3 aromatic carbocycles. The van der Waals surface area contributed by atoms with Crippen LogP contribution in [0.1, 0.15) is 82.6 Å². The Labute approximate surface area is 301 Å². The summed E-state index contributed by atoms with van der Waals surface area (Å²) in [6.45, 7) is 2.12. The summed E-state index contributed by atoms with van der Waals surface area (Å²) in [7, 11) is -2.53. The van der Waals surface area contributed by atoms with Crippen LogP contribution in [0.3, 0.4) is 0 Å². The fourth-order valence-corrected chi connectivity index (χ4v) is 18.3.